The van der Waals surface area contributed by atoms with E-state index in [2.05, 4.69) is 15.6 Å². The third kappa shape index (κ3) is 6.07. The molecule has 0 amide bonds. The van der Waals surface area contributed by atoms with Crippen molar-refractivity contribution >= 4 is 34.7 Å². The second-order valence-electron chi connectivity index (χ2n) is 6.65. The molecule has 1 aromatic heterocycles. The molecule has 1 heterocycles. The monoisotopic (exact) mass is 432 g/mol. The van der Waals surface area contributed by atoms with Gasteiger partial charge in [0.15, 0.2) is 0 Å². The Morgan fingerprint density at radius 3 is 2.62 bits per heavy atom. The van der Waals surface area contributed by atoms with E-state index in [1.165, 1.54) is 12.1 Å². The van der Waals surface area contributed by atoms with Gasteiger partial charge >= 0.3 is 0 Å². The van der Waals surface area contributed by atoms with E-state index < -0.39 is 0 Å². The predicted octanol–water partition coefficient (Wildman–Crippen LogP) is 5.96. The van der Waals surface area contributed by atoms with Crippen molar-refractivity contribution in [1.82, 2.24) is 4.98 Å². The first-order valence-electron chi connectivity index (χ1n) is 9.44. The SMILES string of the molecule is NCCCCNc1cc(-c2ccc(Cl)c(NCc3cccc(F)c3)c2)c(Cl)cn1. The predicted molar refractivity (Wildman–Crippen MR) is 120 cm³/mol. The number of benzene rings is 2. The number of anilines is 2. The summed E-state index contributed by atoms with van der Waals surface area (Å²) in [6, 6.07) is 14.0. The van der Waals surface area contributed by atoms with Crippen LogP contribution in [0.25, 0.3) is 11.1 Å². The van der Waals surface area contributed by atoms with E-state index in [0.29, 0.717) is 23.1 Å². The van der Waals surface area contributed by atoms with E-state index >= 15 is 0 Å². The van der Waals surface area contributed by atoms with E-state index in [0.717, 1.165) is 47.6 Å². The largest absolute Gasteiger partial charge is 0.380 e. The number of hydrogen-bond acceptors (Lipinski definition) is 4. The zero-order valence-electron chi connectivity index (χ0n) is 15.9. The molecule has 0 saturated heterocycles. The summed E-state index contributed by atoms with van der Waals surface area (Å²) in [6.45, 7) is 1.93. The highest BCUT2D eigenvalue weighted by Crippen LogP contribution is 2.34. The lowest BCUT2D eigenvalue weighted by Gasteiger charge is -2.13. The number of nitrogens with zero attached hydrogens (tertiary/aromatic N) is 1. The van der Waals surface area contributed by atoms with E-state index in [1.54, 1.807) is 12.3 Å². The van der Waals surface area contributed by atoms with Gasteiger partial charge in [0.25, 0.3) is 0 Å². The first-order valence-corrected chi connectivity index (χ1v) is 10.2. The van der Waals surface area contributed by atoms with Crippen LogP contribution in [0.15, 0.2) is 54.7 Å². The molecule has 3 rings (SSSR count). The summed E-state index contributed by atoms with van der Waals surface area (Å²) >= 11 is 12.7. The van der Waals surface area contributed by atoms with Crippen molar-refractivity contribution in [2.24, 2.45) is 5.73 Å². The maximum Gasteiger partial charge on any atom is 0.126 e. The van der Waals surface area contributed by atoms with Crippen LogP contribution in [-0.2, 0) is 6.54 Å². The maximum absolute atomic E-state index is 13.4. The van der Waals surface area contributed by atoms with E-state index in [1.807, 2.05) is 30.3 Å². The summed E-state index contributed by atoms with van der Waals surface area (Å²) in [7, 11) is 0. The third-order valence-electron chi connectivity index (χ3n) is 4.44. The lowest BCUT2D eigenvalue weighted by atomic mass is 10.1. The Bertz CT molecular complexity index is 965. The number of hydrogen-bond donors (Lipinski definition) is 3. The Balaban J connectivity index is 1.77. The molecule has 0 aliphatic heterocycles. The van der Waals surface area contributed by atoms with Crippen LogP contribution in [-0.4, -0.2) is 18.1 Å². The van der Waals surface area contributed by atoms with E-state index in [-0.39, 0.29) is 5.82 Å². The molecule has 0 spiro atoms. The van der Waals surface area contributed by atoms with Gasteiger partial charge in [-0.05, 0) is 60.8 Å². The normalized spacial score (nSPS) is 10.8. The van der Waals surface area contributed by atoms with Crippen LogP contribution in [0.5, 0.6) is 0 Å². The fourth-order valence-corrected chi connectivity index (χ4v) is 3.31. The first kappa shape index (κ1) is 21.4. The minimum Gasteiger partial charge on any atom is -0.380 e. The molecule has 0 atom stereocenters. The van der Waals surface area contributed by atoms with Crippen molar-refractivity contribution < 1.29 is 4.39 Å². The van der Waals surface area contributed by atoms with Gasteiger partial charge in [-0.15, -0.1) is 0 Å². The smallest absolute Gasteiger partial charge is 0.126 e. The van der Waals surface area contributed by atoms with Crippen LogP contribution in [0.3, 0.4) is 0 Å². The molecular weight excluding hydrogens is 410 g/mol. The van der Waals surface area contributed by atoms with Gasteiger partial charge in [0.2, 0.25) is 0 Å². The molecule has 0 unspecified atom stereocenters. The Kier molecular flexibility index (Phi) is 7.69. The van der Waals surface area contributed by atoms with Crippen molar-refractivity contribution in [3.8, 4) is 11.1 Å². The number of nitrogens with one attached hydrogen (secondary N) is 2. The van der Waals surface area contributed by atoms with Gasteiger partial charge in [-0.25, -0.2) is 9.37 Å². The average Bonchev–Trinajstić information content (AvgIpc) is 2.72. The molecule has 7 heteroatoms. The second-order valence-corrected chi connectivity index (χ2v) is 7.46. The van der Waals surface area contributed by atoms with Gasteiger partial charge in [0.05, 0.1) is 15.7 Å². The van der Waals surface area contributed by atoms with Crippen molar-refractivity contribution in [3.63, 3.8) is 0 Å². The van der Waals surface area contributed by atoms with Crippen LogP contribution in [0.2, 0.25) is 10.0 Å². The summed E-state index contributed by atoms with van der Waals surface area (Å²) in [5.74, 6) is 0.491. The van der Waals surface area contributed by atoms with Gasteiger partial charge in [-0.1, -0.05) is 41.4 Å². The maximum atomic E-state index is 13.4. The number of unbranched alkanes of at least 4 members (excludes halogenated alkanes) is 1. The topological polar surface area (TPSA) is 63.0 Å². The summed E-state index contributed by atoms with van der Waals surface area (Å²) in [4.78, 5) is 4.33. The number of rotatable bonds is 9. The molecule has 3 aromatic rings. The Morgan fingerprint density at radius 1 is 0.966 bits per heavy atom. The summed E-state index contributed by atoms with van der Waals surface area (Å²) in [5.41, 5.74) is 8.87. The number of halogens is 3. The molecule has 152 valence electrons. The van der Waals surface area contributed by atoms with Gasteiger partial charge in [-0.3, -0.25) is 0 Å². The lowest BCUT2D eigenvalue weighted by Crippen LogP contribution is -2.06. The zero-order valence-corrected chi connectivity index (χ0v) is 17.4. The average molecular weight is 433 g/mol. The highest BCUT2D eigenvalue weighted by molar-refractivity contribution is 6.34. The van der Waals surface area contributed by atoms with Gasteiger partial charge in [0, 0.05) is 24.8 Å². The van der Waals surface area contributed by atoms with Crippen molar-refractivity contribution in [3.05, 3.63) is 76.2 Å². The number of aromatic nitrogens is 1. The van der Waals surface area contributed by atoms with Gasteiger partial charge < -0.3 is 16.4 Å². The highest BCUT2D eigenvalue weighted by atomic mass is 35.5. The van der Waals surface area contributed by atoms with Crippen LogP contribution >= 0.6 is 23.2 Å². The van der Waals surface area contributed by atoms with Gasteiger partial charge in [-0.2, -0.15) is 0 Å². The molecule has 29 heavy (non-hydrogen) atoms. The van der Waals surface area contributed by atoms with Crippen LogP contribution < -0.4 is 16.4 Å². The molecule has 4 nitrogen and oxygen atoms in total. The number of nitrogens with two attached hydrogens (primary N) is 1. The van der Waals surface area contributed by atoms with Crippen LogP contribution in [0.1, 0.15) is 18.4 Å². The standard InChI is InChI=1S/C22H23Cl2FN4/c23-19-7-6-16(11-21(19)28-13-15-4-3-5-17(25)10-15)18-12-22(29-14-20(18)24)27-9-2-1-8-26/h3-7,10-12,14,28H,1-2,8-9,13,26H2,(H,27,29). The lowest BCUT2D eigenvalue weighted by molar-refractivity contribution is 0.626. The Hall–Kier alpha value is -2.34. The quantitative estimate of drug-likeness (QED) is 0.365. The molecule has 0 saturated carbocycles. The number of pyridine rings is 1. The van der Waals surface area contributed by atoms with Crippen molar-refractivity contribution in [1.29, 1.82) is 0 Å². The summed E-state index contributed by atoms with van der Waals surface area (Å²) in [5, 5.41) is 7.69. The fraction of sp³-hybridized carbons (Fsp3) is 0.227. The minimum absolute atomic E-state index is 0.265. The van der Waals surface area contributed by atoms with E-state index in [4.69, 9.17) is 28.9 Å². The molecule has 0 fully saturated rings. The molecule has 0 aliphatic carbocycles. The molecule has 0 bridgehead atoms. The van der Waals surface area contributed by atoms with Crippen LogP contribution in [0, 0.1) is 5.82 Å². The molecule has 0 aliphatic rings. The van der Waals surface area contributed by atoms with Crippen molar-refractivity contribution in [2.75, 3.05) is 23.7 Å². The fourth-order valence-electron chi connectivity index (χ4n) is 2.91. The Morgan fingerprint density at radius 2 is 1.83 bits per heavy atom. The molecule has 4 N–H and O–H groups in total. The van der Waals surface area contributed by atoms with Gasteiger partial charge in [0.1, 0.15) is 11.6 Å². The molecular formula is C22H23Cl2FN4. The molecule has 2 aromatic carbocycles. The van der Waals surface area contributed by atoms with Crippen molar-refractivity contribution in [2.45, 2.75) is 19.4 Å². The zero-order chi connectivity index (χ0) is 20.6. The third-order valence-corrected chi connectivity index (χ3v) is 5.07. The highest BCUT2D eigenvalue weighted by Gasteiger charge is 2.09. The molecule has 0 radical (unpaired) electrons. The minimum atomic E-state index is -0.265. The summed E-state index contributed by atoms with van der Waals surface area (Å²) in [6.07, 6.45) is 3.58. The van der Waals surface area contributed by atoms with Crippen LogP contribution in [0.4, 0.5) is 15.9 Å². The second kappa shape index (κ2) is 10.4. The Labute approximate surface area is 180 Å². The first-order chi connectivity index (χ1) is 14.1. The summed E-state index contributed by atoms with van der Waals surface area (Å²) < 4.78 is 13.4. The van der Waals surface area contributed by atoms with E-state index in [9.17, 15) is 4.39 Å².